The van der Waals surface area contributed by atoms with Gasteiger partial charge < -0.3 is 9.77 Å². The van der Waals surface area contributed by atoms with Gasteiger partial charge in [0.2, 0.25) is 0 Å². The molecule has 1 heterocycles. The van der Waals surface area contributed by atoms with E-state index in [9.17, 15) is 0 Å². The molecule has 0 amide bonds. The molecule has 0 saturated carbocycles. The summed E-state index contributed by atoms with van der Waals surface area (Å²) < 4.78 is 2.18. The number of fused-ring (bicyclic) bond motifs is 1. The smallest absolute Gasteiger partial charge is 0.291 e. The Morgan fingerprint density at radius 1 is 0.812 bits per heavy atom. The summed E-state index contributed by atoms with van der Waals surface area (Å²) in [4.78, 5) is 12.7. The second kappa shape index (κ2) is 9.57. The van der Waals surface area contributed by atoms with E-state index in [0.29, 0.717) is 0 Å². The maximum absolute atomic E-state index is 8.36. The standard InChI is InChI=1S/C26H20N2.HNO3/c1-2-7-20(8-3-1)21-13-15-23(16-14-21)26(28-18-17-27-19-28)25-12-6-10-22-9-4-5-11-24(22)25;2-1(3)4/h1-19,26H;(H,2,3,4). The van der Waals surface area contributed by atoms with Crippen molar-refractivity contribution in [1.82, 2.24) is 9.55 Å². The van der Waals surface area contributed by atoms with Gasteiger partial charge in [-0.2, -0.15) is 0 Å². The average Bonchev–Trinajstić information content (AvgIpc) is 3.35. The van der Waals surface area contributed by atoms with E-state index in [1.165, 1.54) is 33.0 Å². The Kier molecular flexibility index (Phi) is 6.22. The quantitative estimate of drug-likeness (QED) is 0.284. The molecule has 0 fully saturated rings. The third-order valence-electron chi connectivity index (χ3n) is 5.27. The van der Waals surface area contributed by atoms with Crippen LogP contribution in [0.2, 0.25) is 0 Å². The molecule has 5 aromatic rings. The van der Waals surface area contributed by atoms with Gasteiger partial charge in [0, 0.05) is 12.4 Å². The molecular weight excluding hydrogens is 402 g/mol. The first-order valence-electron chi connectivity index (χ1n) is 10.1. The molecule has 4 aromatic carbocycles. The average molecular weight is 423 g/mol. The molecular formula is C26H21N3O3. The maximum Gasteiger partial charge on any atom is 0.291 e. The Morgan fingerprint density at radius 3 is 2.12 bits per heavy atom. The summed E-state index contributed by atoms with van der Waals surface area (Å²) >= 11 is 0. The van der Waals surface area contributed by atoms with Gasteiger partial charge >= 0.3 is 0 Å². The molecule has 1 N–H and O–H groups in total. The molecule has 1 aromatic heterocycles. The van der Waals surface area contributed by atoms with E-state index in [1.807, 2.05) is 24.8 Å². The summed E-state index contributed by atoms with van der Waals surface area (Å²) in [5.41, 5.74) is 4.99. The zero-order valence-corrected chi connectivity index (χ0v) is 17.2. The van der Waals surface area contributed by atoms with Gasteiger partial charge in [0.05, 0.1) is 12.4 Å². The summed E-state index contributed by atoms with van der Waals surface area (Å²) in [6.07, 6.45) is 5.78. The van der Waals surface area contributed by atoms with Crippen molar-refractivity contribution in [3.05, 3.63) is 137 Å². The van der Waals surface area contributed by atoms with E-state index in [-0.39, 0.29) is 6.04 Å². The molecule has 0 saturated heterocycles. The van der Waals surface area contributed by atoms with Crippen molar-refractivity contribution >= 4 is 10.8 Å². The van der Waals surface area contributed by atoms with E-state index >= 15 is 0 Å². The number of imidazole rings is 1. The first-order valence-corrected chi connectivity index (χ1v) is 10.1. The van der Waals surface area contributed by atoms with Gasteiger partial charge in [0.15, 0.2) is 0 Å². The van der Waals surface area contributed by atoms with Gasteiger partial charge in [-0.05, 0) is 33.0 Å². The summed E-state index contributed by atoms with van der Waals surface area (Å²) in [6, 6.07) is 34.5. The van der Waals surface area contributed by atoms with Crippen LogP contribution in [-0.4, -0.2) is 19.8 Å². The summed E-state index contributed by atoms with van der Waals surface area (Å²) in [5.74, 6) is 0. The predicted molar refractivity (Wildman–Crippen MR) is 124 cm³/mol. The largest absolute Gasteiger partial charge is 0.328 e. The normalized spacial score (nSPS) is 11.4. The van der Waals surface area contributed by atoms with Crippen molar-refractivity contribution in [3.8, 4) is 11.1 Å². The van der Waals surface area contributed by atoms with E-state index in [2.05, 4.69) is 101 Å². The highest BCUT2D eigenvalue weighted by molar-refractivity contribution is 5.86. The van der Waals surface area contributed by atoms with Crippen molar-refractivity contribution in [2.75, 3.05) is 0 Å². The number of aromatic nitrogens is 2. The molecule has 1 unspecified atom stereocenters. The first kappa shape index (κ1) is 20.8. The molecule has 0 aliphatic rings. The second-order valence-corrected chi connectivity index (χ2v) is 7.21. The highest BCUT2D eigenvalue weighted by Crippen LogP contribution is 2.33. The minimum atomic E-state index is -1.50. The van der Waals surface area contributed by atoms with Crippen LogP contribution in [0.15, 0.2) is 116 Å². The van der Waals surface area contributed by atoms with Crippen LogP contribution >= 0.6 is 0 Å². The molecule has 0 radical (unpaired) electrons. The molecule has 0 bridgehead atoms. The zero-order valence-electron chi connectivity index (χ0n) is 17.2. The van der Waals surface area contributed by atoms with Gasteiger partial charge in [-0.3, -0.25) is 0 Å². The topological polar surface area (TPSA) is 81.2 Å². The predicted octanol–water partition coefficient (Wildman–Crippen LogP) is 5.99. The number of rotatable bonds is 4. The van der Waals surface area contributed by atoms with Crippen LogP contribution in [0.25, 0.3) is 21.9 Å². The zero-order chi connectivity index (χ0) is 22.3. The lowest BCUT2D eigenvalue weighted by molar-refractivity contribution is -0.742. The lowest BCUT2D eigenvalue weighted by Gasteiger charge is -2.22. The summed E-state index contributed by atoms with van der Waals surface area (Å²) in [6.45, 7) is 0. The second-order valence-electron chi connectivity index (χ2n) is 7.21. The molecule has 0 aliphatic heterocycles. The van der Waals surface area contributed by atoms with Crippen molar-refractivity contribution in [1.29, 1.82) is 0 Å². The number of hydrogen-bond donors (Lipinski definition) is 1. The van der Waals surface area contributed by atoms with Crippen LogP contribution < -0.4 is 0 Å². The Balaban J connectivity index is 0.000000567. The number of benzene rings is 4. The monoisotopic (exact) mass is 423 g/mol. The third-order valence-corrected chi connectivity index (χ3v) is 5.27. The SMILES string of the molecule is O=[N+]([O-])O.c1ccc(-c2ccc(C(c3cccc4ccccc34)n3ccnc3)cc2)cc1. The molecule has 0 aliphatic carbocycles. The fraction of sp³-hybridized carbons (Fsp3) is 0.0385. The van der Waals surface area contributed by atoms with E-state index in [0.717, 1.165) is 0 Å². The van der Waals surface area contributed by atoms with Gasteiger partial charge in [-0.25, -0.2) is 4.98 Å². The van der Waals surface area contributed by atoms with Crippen molar-refractivity contribution < 1.29 is 10.3 Å². The molecule has 158 valence electrons. The Hall–Kier alpha value is -4.45. The highest BCUT2D eigenvalue weighted by atomic mass is 16.9. The van der Waals surface area contributed by atoms with Crippen LogP contribution in [0, 0.1) is 10.1 Å². The Bertz CT molecular complexity index is 1290. The summed E-state index contributed by atoms with van der Waals surface area (Å²) in [7, 11) is 0. The van der Waals surface area contributed by atoms with Gasteiger partial charge in [0.1, 0.15) is 0 Å². The van der Waals surface area contributed by atoms with Crippen molar-refractivity contribution in [2.24, 2.45) is 0 Å². The molecule has 32 heavy (non-hydrogen) atoms. The number of hydrogen-bond acceptors (Lipinski definition) is 3. The van der Waals surface area contributed by atoms with Crippen LogP contribution in [0.3, 0.4) is 0 Å². The van der Waals surface area contributed by atoms with Crippen LogP contribution in [0.4, 0.5) is 0 Å². The van der Waals surface area contributed by atoms with Gasteiger partial charge in [-0.1, -0.05) is 97.1 Å². The highest BCUT2D eigenvalue weighted by Gasteiger charge is 2.18. The minimum Gasteiger partial charge on any atom is -0.328 e. The van der Waals surface area contributed by atoms with Crippen LogP contribution in [0.1, 0.15) is 17.2 Å². The maximum atomic E-state index is 8.36. The van der Waals surface area contributed by atoms with E-state index in [1.54, 1.807) is 0 Å². The minimum absolute atomic E-state index is 0.0819. The van der Waals surface area contributed by atoms with Crippen LogP contribution in [0.5, 0.6) is 0 Å². The first-order chi connectivity index (χ1) is 15.6. The van der Waals surface area contributed by atoms with Crippen molar-refractivity contribution in [2.45, 2.75) is 6.04 Å². The van der Waals surface area contributed by atoms with E-state index < -0.39 is 5.09 Å². The van der Waals surface area contributed by atoms with E-state index in [4.69, 9.17) is 15.3 Å². The molecule has 1 atom stereocenters. The molecule has 5 rings (SSSR count). The van der Waals surface area contributed by atoms with Crippen molar-refractivity contribution in [3.63, 3.8) is 0 Å². The van der Waals surface area contributed by atoms with Crippen LogP contribution in [-0.2, 0) is 0 Å². The summed E-state index contributed by atoms with van der Waals surface area (Å²) in [5, 5.41) is 16.2. The Labute approximate surface area is 185 Å². The lowest BCUT2D eigenvalue weighted by atomic mass is 9.92. The molecule has 0 spiro atoms. The fourth-order valence-corrected chi connectivity index (χ4v) is 3.91. The molecule has 6 nitrogen and oxygen atoms in total. The van der Waals surface area contributed by atoms with Gasteiger partial charge in [0.25, 0.3) is 5.09 Å². The Morgan fingerprint density at radius 2 is 1.44 bits per heavy atom. The lowest BCUT2D eigenvalue weighted by Crippen LogP contribution is -2.11. The number of nitrogens with zero attached hydrogens (tertiary/aromatic N) is 3. The molecule has 6 heteroatoms. The fourth-order valence-electron chi connectivity index (χ4n) is 3.91. The van der Waals surface area contributed by atoms with Gasteiger partial charge in [-0.15, -0.1) is 10.1 Å². The third kappa shape index (κ3) is 4.65.